The second-order valence-electron chi connectivity index (χ2n) is 4.79. The first kappa shape index (κ1) is 18.5. The molecular weight excluding hydrogens is 360 g/mol. The van der Waals surface area contributed by atoms with Crippen LogP contribution in [-0.2, 0) is 14.8 Å². The van der Waals surface area contributed by atoms with E-state index in [9.17, 15) is 32.2 Å². The fourth-order valence-corrected chi connectivity index (χ4v) is 3.10. The number of hydrogen-bond donors (Lipinski definition) is 3. The van der Waals surface area contributed by atoms with E-state index in [1.54, 1.807) is 6.92 Å². The Labute approximate surface area is 141 Å². The number of phenols is 2. The molecule has 0 aliphatic heterocycles. The molecule has 0 atom stereocenters. The molecule has 0 saturated carbocycles. The number of aromatic hydroxyl groups is 2. The zero-order valence-electron chi connectivity index (χ0n) is 12.8. The maximum absolute atomic E-state index is 13.3. The molecule has 0 aliphatic rings. The summed E-state index contributed by atoms with van der Waals surface area (Å²) in [7, 11) is -4.57. The minimum Gasteiger partial charge on any atom is -0.507 e. The van der Waals surface area contributed by atoms with Gasteiger partial charge in [-0.1, -0.05) is 0 Å². The monoisotopic (exact) mass is 373 g/mol. The molecule has 0 unspecified atom stereocenters. The quantitative estimate of drug-likeness (QED) is 0.548. The summed E-state index contributed by atoms with van der Waals surface area (Å²) in [5.74, 6) is -5.23. The number of halogens is 2. The second kappa shape index (κ2) is 6.93. The number of sulfonamides is 1. The van der Waals surface area contributed by atoms with Crippen molar-refractivity contribution in [1.82, 2.24) is 0 Å². The third-order valence-electron chi connectivity index (χ3n) is 3.03. The molecule has 0 radical (unpaired) electrons. The Morgan fingerprint density at radius 2 is 1.88 bits per heavy atom. The van der Waals surface area contributed by atoms with Gasteiger partial charge < -0.3 is 14.9 Å². The second-order valence-corrected chi connectivity index (χ2v) is 6.44. The number of anilines is 1. The summed E-state index contributed by atoms with van der Waals surface area (Å²) in [6, 6.07) is 3.90. The maximum Gasteiger partial charge on any atom is 0.341 e. The average molecular weight is 373 g/mol. The van der Waals surface area contributed by atoms with Gasteiger partial charge >= 0.3 is 5.97 Å². The van der Waals surface area contributed by atoms with Crippen molar-refractivity contribution in [3.8, 4) is 11.5 Å². The topological polar surface area (TPSA) is 113 Å². The predicted molar refractivity (Wildman–Crippen MR) is 82.9 cm³/mol. The van der Waals surface area contributed by atoms with Crippen LogP contribution in [0.4, 0.5) is 14.5 Å². The fraction of sp³-hybridized carbons (Fsp3) is 0.133. The van der Waals surface area contributed by atoms with Crippen LogP contribution in [0.1, 0.15) is 17.3 Å². The van der Waals surface area contributed by atoms with Crippen LogP contribution < -0.4 is 4.72 Å². The van der Waals surface area contributed by atoms with Crippen LogP contribution in [-0.4, -0.2) is 31.2 Å². The van der Waals surface area contributed by atoms with Gasteiger partial charge in [0.15, 0.2) is 11.6 Å². The van der Waals surface area contributed by atoms with Gasteiger partial charge in [0.1, 0.15) is 22.0 Å². The van der Waals surface area contributed by atoms with Crippen molar-refractivity contribution in [3.05, 3.63) is 47.5 Å². The van der Waals surface area contributed by atoms with E-state index in [2.05, 4.69) is 0 Å². The molecule has 10 heteroatoms. The molecule has 0 aliphatic carbocycles. The number of benzene rings is 2. The Bertz CT molecular complexity index is 930. The van der Waals surface area contributed by atoms with E-state index in [4.69, 9.17) is 4.74 Å². The summed E-state index contributed by atoms with van der Waals surface area (Å²) in [6.07, 6.45) is 0. The smallest absolute Gasteiger partial charge is 0.341 e. The Kier molecular flexibility index (Phi) is 5.12. The number of esters is 1. The largest absolute Gasteiger partial charge is 0.507 e. The van der Waals surface area contributed by atoms with Crippen LogP contribution in [0.15, 0.2) is 35.2 Å². The van der Waals surface area contributed by atoms with E-state index >= 15 is 0 Å². The van der Waals surface area contributed by atoms with Gasteiger partial charge in [-0.25, -0.2) is 22.0 Å². The van der Waals surface area contributed by atoms with E-state index in [-0.39, 0.29) is 17.9 Å². The lowest BCUT2D eigenvalue weighted by atomic mass is 10.2. The SMILES string of the molecule is CCOC(=O)c1cc(NS(=O)(=O)c2cc(F)cc(F)c2O)ccc1O. The highest BCUT2D eigenvalue weighted by molar-refractivity contribution is 7.92. The van der Waals surface area contributed by atoms with Gasteiger partial charge in [-0.15, -0.1) is 0 Å². The van der Waals surface area contributed by atoms with Crippen molar-refractivity contribution in [2.75, 3.05) is 11.3 Å². The summed E-state index contributed by atoms with van der Waals surface area (Å²) in [6.45, 7) is 1.58. The summed E-state index contributed by atoms with van der Waals surface area (Å²) in [5, 5.41) is 19.2. The van der Waals surface area contributed by atoms with Gasteiger partial charge in [-0.3, -0.25) is 4.72 Å². The van der Waals surface area contributed by atoms with Crippen LogP contribution in [0.2, 0.25) is 0 Å². The van der Waals surface area contributed by atoms with Crippen LogP contribution >= 0.6 is 0 Å². The summed E-state index contributed by atoms with van der Waals surface area (Å²) in [5.41, 5.74) is -0.499. The first-order valence-corrected chi connectivity index (χ1v) is 8.35. The molecule has 3 N–H and O–H groups in total. The Balaban J connectivity index is 2.42. The highest BCUT2D eigenvalue weighted by Gasteiger charge is 2.24. The number of rotatable bonds is 5. The van der Waals surface area contributed by atoms with Gasteiger partial charge in [-0.2, -0.15) is 0 Å². The fourth-order valence-electron chi connectivity index (χ4n) is 1.93. The van der Waals surface area contributed by atoms with Crippen molar-refractivity contribution in [2.24, 2.45) is 0 Å². The van der Waals surface area contributed by atoms with Gasteiger partial charge in [0, 0.05) is 11.8 Å². The van der Waals surface area contributed by atoms with Crippen molar-refractivity contribution in [1.29, 1.82) is 0 Å². The molecule has 134 valence electrons. The average Bonchev–Trinajstić information content (AvgIpc) is 2.52. The number of phenolic OH excluding ortho intramolecular Hbond substituents is 2. The van der Waals surface area contributed by atoms with E-state index in [1.165, 1.54) is 0 Å². The van der Waals surface area contributed by atoms with Crippen LogP contribution in [0.3, 0.4) is 0 Å². The Morgan fingerprint density at radius 1 is 1.20 bits per heavy atom. The molecular formula is C15H13F2NO6S. The molecule has 0 aromatic heterocycles. The first-order valence-electron chi connectivity index (χ1n) is 6.86. The van der Waals surface area contributed by atoms with E-state index < -0.39 is 44.0 Å². The lowest BCUT2D eigenvalue weighted by molar-refractivity contribution is 0.0523. The van der Waals surface area contributed by atoms with Crippen molar-refractivity contribution in [2.45, 2.75) is 11.8 Å². The van der Waals surface area contributed by atoms with E-state index in [0.717, 1.165) is 18.2 Å². The Morgan fingerprint density at radius 3 is 2.52 bits per heavy atom. The van der Waals surface area contributed by atoms with Crippen molar-refractivity contribution >= 4 is 21.7 Å². The minimum absolute atomic E-state index is 0.0324. The molecule has 2 aromatic rings. The molecule has 7 nitrogen and oxygen atoms in total. The highest BCUT2D eigenvalue weighted by Crippen LogP contribution is 2.30. The third kappa shape index (κ3) is 3.97. The van der Waals surface area contributed by atoms with Crippen LogP contribution in [0, 0.1) is 11.6 Å². The van der Waals surface area contributed by atoms with Crippen LogP contribution in [0.5, 0.6) is 11.5 Å². The zero-order valence-corrected chi connectivity index (χ0v) is 13.6. The Hall–Kier alpha value is -2.88. The number of nitrogens with one attached hydrogen (secondary N) is 1. The molecule has 2 aromatic carbocycles. The van der Waals surface area contributed by atoms with Crippen LogP contribution in [0.25, 0.3) is 0 Å². The molecule has 25 heavy (non-hydrogen) atoms. The summed E-state index contributed by atoms with van der Waals surface area (Å²) in [4.78, 5) is 10.7. The van der Waals surface area contributed by atoms with Gasteiger partial charge in [0.2, 0.25) is 0 Å². The molecule has 0 amide bonds. The predicted octanol–water partition coefficient (Wildman–Crippen LogP) is 2.35. The standard InChI is InChI=1S/C15H13F2NO6S/c1-2-24-15(21)10-7-9(3-4-12(10)19)18-25(22,23)13-6-8(16)5-11(17)14(13)20/h3-7,18-20H,2H2,1H3. The molecule has 2 rings (SSSR count). The lowest BCUT2D eigenvalue weighted by Gasteiger charge is -2.12. The number of hydrogen-bond acceptors (Lipinski definition) is 6. The summed E-state index contributed by atoms with van der Waals surface area (Å²) < 4.78 is 57.7. The molecule has 0 heterocycles. The lowest BCUT2D eigenvalue weighted by Crippen LogP contribution is -2.15. The van der Waals surface area contributed by atoms with Crippen molar-refractivity contribution in [3.63, 3.8) is 0 Å². The van der Waals surface area contributed by atoms with E-state index in [1.807, 2.05) is 4.72 Å². The highest BCUT2D eigenvalue weighted by atomic mass is 32.2. The first-order chi connectivity index (χ1) is 11.7. The minimum atomic E-state index is -4.57. The normalized spacial score (nSPS) is 11.2. The maximum atomic E-state index is 13.3. The molecule has 0 saturated heterocycles. The number of ether oxygens (including phenoxy) is 1. The van der Waals surface area contributed by atoms with Gasteiger partial charge in [-0.05, 0) is 31.2 Å². The molecule has 0 fully saturated rings. The molecule has 0 bridgehead atoms. The summed E-state index contributed by atoms with van der Waals surface area (Å²) >= 11 is 0. The van der Waals surface area contributed by atoms with Gasteiger partial charge in [0.25, 0.3) is 10.0 Å². The van der Waals surface area contributed by atoms with Gasteiger partial charge in [0.05, 0.1) is 6.61 Å². The molecule has 0 spiro atoms. The number of carbonyl (C=O) groups is 1. The third-order valence-corrected chi connectivity index (χ3v) is 4.42. The number of carbonyl (C=O) groups excluding carboxylic acids is 1. The zero-order chi connectivity index (χ0) is 18.8. The van der Waals surface area contributed by atoms with Crippen molar-refractivity contribution < 1.29 is 36.9 Å². The van der Waals surface area contributed by atoms with E-state index in [0.29, 0.717) is 12.1 Å².